The first-order chi connectivity index (χ1) is 11.9. The Balaban J connectivity index is 2.45. The van der Waals surface area contributed by atoms with Crippen molar-refractivity contribution in [2.45, 2.75) is 39.5 Å². The molecule has 0 aliphatic carbocycles. The van der Waals surface area contributed by atoms with Crippen molar-refractivity contribution in [2.24, 2.45) is 0 Å². The molecule has 0 saturated carbocycles. The largest absolute Gasteiger partial charge is 0.444 e. The van der Waals surface area contributed by atoms with Crippen LogP contribution in [0.15, 0.2) is 24.3 Å². The molecule has 0 aromatic heterocycles. The van der Waals surface area contributed by atoms with Gasteiger partial charge in [-0.1, -0.05) is 0 Å². The highest BCUT2D eigenvalue weighted by Crippen LogP contribution is 2.29. The molecular weight excluding hydrogens is 351 g/mol. The minimum Gasteiger partial charge on any atom is -0.444 e. The number of benzene rings is 1. The van der Waals surface area contributed by atoms with Crippen LogP contribution in [-0.4, -0.2) is 42.3 Å². The first kappa shape index (κ1) is 21.6. The van der Waals surface area contributed by atoms with Crippen LogP contribution in [0.4, 0.5) is 28.4 Å². The van der Waals surface area contributed by atoms with Gasteiger partial charge in [-0.25, -0.2) is 9.59 Å². The van der Waals surface area contributed by atoms with Crippen molar-refractivity contribution in [3.05, 3.63) is 29.8 Å². The van der Waals surface area contributed by atoms with Crippen molar-refractivity contribution in [3.63, 3.8) is 0 Å². The maximum Gasteiger partial charge on any atom is 0.416 e. The summed E-state index contributed by atoms with van der Waals surface area (Å²) in [7, 11) is 0. The molecule has 0 aliphatic heterocycles. The summed E-state index contributed by atoms with van der Waals surface area (Å²) in [6.45, 7) is 7.88. The standard InChI is InChI=1S/C17H24F3N3O3/c1-5-23(15(25)26-16(2,3)4)11-10-21-14(24)22-13-8-6-12(7-9-13)17(18,19)20/h6-9H,5,10-11H2,1-4H3,(H2,21,22,24). The van der Waals surface area contributed by atoms with Gasteiger partial charge < -0.3 is 20.3 Å². The zero-order valence-corrected chi connectivity index (χ0v) is 15.2. The van der Waals surface area contributed by atoms with Crippen LogP contribution in [0, 0.1) is 0 Å². The van der Waals surface area contributed by atoms with Gasteiger partial charge in [0.1, 0.15) is 5.60 Å². The van der Waals surface area contributed by atoms with E-state index in [0.29, 0.717) is 6.54 Å². The molecule has 1 aromatic carbocycles. The number of ether oxygens (including phenoxy) is 1. The molecule has 0 atom stereocenters. The van der Waals surface area contributed by atoms with Crippen molar-refractivity contribution >= 4 is 17.8 Å². The molecule has 0 bridgehead atoms. The molecule has 9 heteroatoms. The van der Waals surface area contributed by atoms with E-state index in [9.17, 15) is 22.8 Å². The highest BCUT2D eigenvalue weighted by atomic mass is 19.4. The summed E-state index contributed by atoms with van der Waals surface area (Å²) in [6.07, 6.45) is -4.91. The predicted octanol–water partition coefficient (Wildman–Crippen LogP) is 4.08. The number of amides is 3. The smallest absolute Gasteiger partial charge is 0.416 e. The minimum absolute atomic E-state index is 0.166. The van der Waals surface area contributed by atoms with Crippen LogP contribution in [-0.2, 0) is 10.9 Å². The summed E-state index contributed by atoms with van der Waals surface area (Å²) in [6, 6.07) is 3.53. The fourth-order valence-corrected chi connectivity index (χ4v) is 1.93. The molecule has 0 spiro atoms. The van der Waals surface area contributed by atoms with Crippen molar-refractivity contribution in [1.29, 1.82) is 0 Å². The van der Waals surface area contributed by atoms with Gasteiger partial charge in [0, 0.05) is 25.3 Å². The Bertz CT molecular complexity index is 610. The molecule has 1 rings (SSSR count). The van der Waals surface area contributed by atoms with Gasteiger partial charge in [-0.2, -0.15) is 13.2 Å². The molecule has 0 heterocycles. The van der Waals surface area contributed by atoms with E-state index in [0.717, 1.165) is 12.1 Å². The van der Waals surface area contributed by atoms with E-state index < -0.39 is 29.5 Å². The number of carbonyl (C=O) groups is 2. The number of urea groups is 1. The number of hydrogen-bond donors (Lipinski definition) is 2. The zero-order chi connectivity index (χ0) is 20.0. The molecule has 146 valence electrons. The van der Waals surface area contributed by atoms with Gasteiger partial charge in [0.2, 0.25) is 0 Å². The fourth-order valence-electron chi connectivity index (χ4n) is 1.93. The van der Waals surface area contributed by atoms with Crippen molar-refractivity contribution in [1.82, 2.24) is 10.2 Å². The average Bonchev–Trinajstić information content (AvgIpc) is 2.49. The van der Waals surface area contributed by atoms with Crippen molar-refractivity contribution < 1.29 is 27.5 Å². The molecule has 0 fully saturated rings. The van der Waals surface area contributed by atoms with Gasteiger partial charge in [0.05, 0.1) is 5.56 Å². The highest BCUT2D eigenvalue weighted by Gasteiger charge is 2.30. The Morgan fingerprint density at radius 3 is 2.15 bits per heavy atom. The summed E-state index contributed by atoms with van der Waals surface area (Å²) in [5.74, 6) is 0. The van der Waals surface area contributed by atoms with Crippen LogP contribution in [0.25, 0.3) is 0 Å². The third-order valence-electron chi connectivity index (χ3n) is 3.17. The van der Waals surface area contributed by atoms with Gasteiger partial charge >= 0.3 is 18.3 Å². The molecule has 0 unspecified atom stereocenters. The van der Waals surface area contributed by atoms with Crippen LogP contribution in [0.1, 0.15) is 33.3 Å². The second kappa shape index (κ2) is 8.77. The van der Waals surface area contributed by atoms with Gasteiger partial charge in [0.25, 0.3) is 0 Å². The van der Waals surface area contributed by atoms with Crippen LogP contribution in [0.2, 0.25) is 0 Å². The molecule has 2 N–H and O–H groups in total. The maximum absolute atomic E-state index is 12.5. The van der Waals surface area contributed by atoms with Crippen LogP contribution < -0.4 is 10.6 Å². The Morgan fingerprint density at radius 2 is 1.69 bits per heavy atom. The molecule has 6 nitrogen and oxygen atoms in total. The molecule has 3 amide bonds. The predicted molar refractivity (Wildman–Crippen MR) is 91.9 cm³/mol. The third-order valence-corrected chi connectivity index (χ3v) is 3.17. The Morgan fingerprint density at radius 1 is 1.12 bits per heavy atom. The summed E-state index contributed by atoms with van der Waals surface area (Å²) in [5.41, 5.74) is -1.17. The van der Waals surface area contributed by atoms with Gasteiger partial charge in [-0.3, -0.25) is 0 Å². The lowest BCUT2D eigenvalue weighted by molar-refractivity contribution is -0.137. The number of likely N-dealkylation sites (N-methyl/N-ethyl adjacent to an activating group) is 1. The first-order valence-corrected chi connectivity index (χ1v) is 8.12. The lowest BCUT2D eigenvalue weighted by Crippen LogP contribution is -2.42. The Kier molecular flexibility index (Phi) is 7.29. The number of anilines is 1. The summed E-state index contributed by atoms with van der Waals surface area (Å²) >= 11 is 0. The Labute approximate surface area is 150 Å². The second-order valence-electron chi connectivity index (χ2n) is 6.52. The fraction of sp³-hybridized carbons (Fsp3) is 0.529. The van der Waals surface area contributed by atoms with E-state index in [2.05, 4.69) is 10.6 Å². The van der Waals surface area contributed by atoms with E-state index in [1.807, 2.05) is 0 Å². The Hall–Kier alpha value is -2.45. The molecule has 0 aliphatic rings. The van der Waals surface area contributed by atoms with Crippen LogP contribution in [0.3, 0.4) is 0 Å². The maximum atomic E-state index is 12.5. The van der Waals surface area contributed by atoms with Crippen LogP contribution in [0.5, 0.6) is 0 Å². The third kappa shape index (κ3) is 7.62. The lowest BCUT2D eigenvalue weighted by Gasteiger charge is -2.26. The zero-order valence-electron chi connectivity index (χ0n) is 15.2. The van der Waals surface area contributed by atoms with Crippen molar-refractivity contribution in [3.8, 4) is 0 Å². The number of nitrogens with zero attached hydrogens (tertiary/aromatic N) is 1. The van der Waals surface area contributed by atoms with Gasteiger partial charge in [-0.15, -0.1) is 0 Å². The second-order valence-corrected chi connectivity index (χ2v) is 6.52. The number of hydrogen-bond acceptors (Lipinski definition) is 3. The SMILES string of the molecule is CCN(CCNC(=O)Nc1ccc(C(F)(F)F)cc1)C(=O)OC(C)(C)C. The van der Waals surface area contributed by atoms with Crippen molar-refractivity contribution in [2.75, 3.05) is 25.0 Å². The molecule has 0 radical (unpaired) electrons. The van der Waals surface area contributed by atoms with Crippen LogP contribution >= 0.6 is 0 Å². The number of alkyl halides is 3. The van der Waals surface area contributed by atoms with E-state index >= 15 is 0 Å². The quantitative estimate of drug-likeness (QED) is 0.815. The van der Waals surface area contributed by atoms with Gasteiger partial charge in [0.15, 0.2) is 0 Å². The number of rotatable bonds is 5. The van der Waals surface area contributed by atoms with E-state index in [-0.39, 0.29) is 18.8 Å². The number of nitrogens with one attached hydrogen (secondary N) is 2. The minimum atomic E-state index is -4.42. The number of carbonyl (C=O) groups excluding carboxylic acids is 2. The monoisotopic (exact) mass is 375 g/mol. The summed E-state index contributed by atoms with van der Waals surface area (Å²) in [4.78, 5) is 25.2. The normalized spacial score (nSPS) is 11.7. The molecular formula is C17H24F3N3O3. The summed E-state index contributed by atoms with van der Waals surface area (Å²) in [5, 5.41) is 4.96. The van der Waals surface area contributed by atoms with E-state index in [1.165, 1.54) is 17.0 Å². The molecule has 26 heavy (non-hydrogen) atoms. The topological polar surface area (TPSA) is 70.7 Å². The summed E-state index contributed by atoms with van der Waals surface area (Å²) < 4.78 is 42.7. The van der Waals surface area contributed by atoms with E-state index in [4.69, 9.17) is 4.74 Å². The molecule has 0 saturated heterocycles. The lowest BCUT2D eigenvalue weighted by atomic mass is 10.2. The average molecular weight is 375 g/mol. The van der Waals surface area contributed by atoms with E-state index in [1.54, 1.807) is 27.7 Å². The highest BCUT2D eigenvalue weighted by molar-refractivity contribution is 5.89. The number of halogens is 3. The molecule has 1 aromatic rings. The van der Waals surface area contributed by atoms with Gasteiger partial charge in [-0.05, 0) is 52.0 Å². The first-order valence-electron chi connectivity index (χ1n) is 8.12.